The fourth-order valence-corrected chi connectivity index (χ4v) is 5.24. The first-order valence-electron chi connectivity index (χ1n) is 12.1. The lowest BCUT2D eigenvalue weighted by Crippen LogP contribution is -2.44. The van der Waals surface area contributed by atoms with E-state index in [1.54, 1.807) is 7.11 Å². The van der Waals surface area contributed by atoms with E-state index in [0.717, 1.165) is 61.4 Å². The van der Waals surface area contributed by atoms with Gasteiger partial charge in [0.15, 0.2) is 0 Å². The lowest BCUT2D eigenvalue weighted by Gasteiger charge is -2.36. The molecule has 1 amide bonds. The summed E-state index contributed by atoms with van der Waals surface area (Å²) in [4.78, 5) is 26.5. The van der Waals surface area contributed by atoms with Gasteiger partial charge in [-0.3, -0.25) is 4.79 Å². The number of amides is 1. The van der Waals surface area contributed by atoms with Gasteiger partial charge in [-0.1, -0.05) is 29.4 Å². The van der Waals surface area contributed by atoms with Crippen LogP contribution in [0.3, 0.4) is 0 Å². The summed E-state index contributed by atoms with van der Waals surface area (Å²) >= 11 is 0. The predicted molar refractivity (Wildman–Crippen MR) is 132 cm³/mol. The Hall–Kier alpha value is -3.94. The second kappa shape index (κ2) is 9.02. The summed E-state index contributed by atoms with van der Waals surface area (Å²) in [5.41, 5.74) is 4.72. The normalized spacial score (nSPS) is 16.4. The number of methoxy groups -OCH3 is 1. The number of aromatic nitrogens is 3. The molecule has 0 bridgehead atoms. The molecule has 1 saturated heterocycles. The number of piperidine rings is 1. The maximum absolute atomic E-state index is 13.3. The molecule has 0 aliphatic carbocycles. The number of benzene rings is 2. The summed E-state index contributed by atoms with van der Waals surface area (Å²) in [6, 6.07) is 16.1. The zero-order valence-electron chi connectivity index (χ0n) is 19.7. The van der Waals surface area contributed by atoms with Crippen LogP contribution in [0.5, 0.6) is 5.75 Å². The van der Waals surface area contributed by atoms with E-state index < -0.39 is 0 Å². The molecule has 2 aliphatic rings. The van der Waals surface area contributed by atoms with Crippen molar-refractivity contribution in [3.8, 4) is 17.0 Å². The van der Waals surface area contributed by atoms with Crippen molar-refractivity contribution in [1.29, 1.82) is 0 Å². The Balaban J connectivity index is 1.19. The highest BCUT2D eigenvalue weighted by molar-refractivity contribution is 5.98. The smallest absolute Gasteiger partial charge is 0.263 e. The zero-order valence-corrected chi connectivity index (χ0v) is 19.7. The zero-order chi connectivity index (χ0) is 23.8. The van der Waals surface area contributed by atoms with E-state index in [1.807, 2.05) is 29.2 Å². The van der Waals surface area contributed by atoms with Crippen molar-refractivity contribution in [2.24, 2.45) is 5.92 Å². The second-order valence-electron chi connectivity index (χ2n) is 9.18. The third-order valence-corrected chi connectivity index (χ3v) is 7.20. The van der Waals surface area contributed by atoms with Gasteiger partial charge < -0.3 is 19.1 Å². The lowest BCUT2D eigenvalue weighted by molar-refractivity contribution is -0.137. The highest BCUT2D eigenvalue weighted by atomic mass is 16.5. The highest BCUT2D eigenvalue weighted by Crippen LogP contribution is 2.35. The summed E-state index contributed by atoms with van der Waals surface area (Å²) in [5, 5.41) is 5.09. The molecule has 1 fully saturated rings. The molecule has 2 aromatic heterocycles. The number of hydrogen-bond donors (Lipinski definition) is 0. The van der Waals surface area contributed by atoms with Crippen LogP contribution in [-0.2, 0) is 17.8 Å². The van der Waals surface area contributed by atoms with E-state index in [0.29, 0.717) is 18.0 Å². The molecule has 0 saturated carbocycles. The van der Waals surface area contributed by atoms with Gasteiger partial charge in [0.05, 0.1) is 7.11 Å². The predicted octanol–water partition coefficient (Wildman–Crippen LogP) is 4.09. The molecule has 2 aliphatic heterocycles. The number of ether oxygens (including phenoxy) is 1. The first-order chi connectivity index (χ1) is 17.2. The summed E-state index contributed by atoms with van der Waals surface area (Å²) in [6.07, 6.45) is 4.04. The number of nitrogens with zero attached hydrogens (tertiary/aromatic N) is 5. The van der Waals surface area contributed by atoms with E-state index in [1.165, 1.54) is 17.5 Å². The van der Waals surface area contributed by atoms with E-state index >= 15 is 0 Å². The first-order valence-corrected chi connectivity index (χ1v) is 12.1. The Morgan fingerprint density at radius 3 is 2.54 bits per heavy atom. The third kappa shape index (κ3) is 3.99. The molecular formula is C27H27N5O3. The molecule has 178 valence electrons. The van der Waals surface area contributed by atoms with E-state index in [4.69, 9.17) is 9.26 Å². The number of carbonyl (C=O) groups is 1. The van der Waals surface area contributed by atoms with Gasteiger partial charge in [0.2, 0.25) is 5.91 Å². The summed E-state index contributed by atoms with van der Waals surface area (Å²) in [5.74, 6) is 1.90. The van der Waals surface area contributed by atoms with Crippen LogP contribution in [0.15, 0.2) is 59.4 Å². The fraction of sp³-hybridized carbons (Fsp3) is 0.333. The minimum absolute atomic E-state index is 0.0392. The second-order valence-corrected chi connectivity index (χ2v) is 9.18. The number of rotatable bonds is 4. The topological polar surface area (TPSA) is 84.6 Å². The maximum Gasteiger partial charge on any atom is 0.263 e. The van der Waals surface area contributed by atoms with Crippen molar-refractivity contribution in [2.45, 2.75) is 25.8 Å². The van der Waals surface area contributed by atoms with Crippen LogP contribution in [0.4, 0.5) is 5.82 Å². The van der Waals surface area contributed by atoms with Gasteiger partial charge in [-0.2, -0.15) is 4.98 Å². The average molecular weight is 470 g/mol. The van der Waals surface area contributed by atoms with Crippen molar-refractivity contribution >= 4 is 22.8 Å². The molecule has 4 heterocycles. The van der Waals surface area contributed by atoms with Crippen molar-refractivity contribution < 1.29 is 14.1 Å². The standard InChI is InChI=1S/C27H27N5O3/c1-34-22-8-6-19(7-9-22)24-23-25(28-17-29-26(23)35-30-24)31-13-11-20(12-14-31)27(33)32-15-10-18-4-2-3-5-21(18)16-32/h2-9,17,20H,10-16H2,1H3. The molecule has 0 spiro atoms. The summed E-state index contributed by atoms with van der Waals surface area (Å²) in [6.45, 7) is 3.02. The van der Waals surface area contributed by atoms with Gasteiger partial charge in [-0.25, -0.2) is 4.98 Å². The Labute approximate surface area is 203 Å². The minimum Gasteiger partial charge on any atom is -0.497 e. The van der Waals surface area contributed by atoms with Crippen LogP contribution in [0.1, 0.15) is 24.0 Å². The summed E-state index contributed by atoms with van der Waals surface area (Å²) in [7, 11) is 1.64. The van der Waals surface area contributed by atoms with Crippen LogP contribution in [0, 0.1) is 5.92 Å². The SMILES string of the molecule is COc1ccc(-c2noc3ncnc(N4CCC(C(=O)N5CCc6ccccc6C5)CC4)c23)cc1. The largest absolute Gasteiger partial charge is 0.497 e. The van der Waals surface area contributed by atoms with Gasteiger partial charge >= 0.3 is 0 Å². The molecule has 0 unspecified atom stereocenters. The van der Waals surface area contributed by atoms with Crippen molar-refractivity contribution in [3.63, 3.8) is 0 Å². The molecule has 8 heteroatoms. The van der Waals surface area contributed by atoms with Crippen LogP contribution < -0.4 is 9.64 Å². The number of hydrogen-bond acceptors (Lipinski definition) is 7. The van der Waals surface area contributed by atoms with Crippen molar-refractivity contribution in [3.05, 3.63) is 66.0 Å². The van der Waals surface area contributed by atoms with Gasteiger partial charge in [0, 0.05) is 37.7 Å². The molecule has 0 radical (unpaired) electrons. The van der Waals surface area contributed by atoms with E-state index in [9.17, 15) is 4.79 Å². The Morgan fingerprint density at radius 1 is 1.00 bits per heavy atom. The summed E-state index contributed by atoms with van der Waals surface area (Å²) < 4.78 is 10.8. The van der Waals surface area contributed by atoms with Gasteiger partial charge in [0.25, 0.3) is 5.71 Å². The molecule has 2 aromatic carbocycles. The molecule has 0 N–H and O–H groups in total. The third-order valence-electron chi connectivity index (χ3n) is 7.20. The van der Waals surface area contributed by atoms with Crippen LogP contribution in [0.25, 0.3) is 22.4 Å². The van der Waals surface area contributed by atoms with Crippen molar-refractivity contribution in [1.82, 2.24) is 20.0 Å². The van der Waals surface area contributed by atoms with Gasteiger partial charge in [0.1, 0.15) is 29.0 Å². The molecule has 8 nitrogen and oxygen atoms in total. The van der Waals surface area contributed by atoms with Crippen LogP contribution >= 0.6 is 0 Å². The van der Waals surface area contributed by atoms with Crippen molar-refractivity contribution in [2.75, 3.05) is 31.6 Å². The monoisotopic (exact) mass is 469 g/mol. The highest BCUT2D eigenvalue weighted by Gasteiger charge is 2.32. The Morgan fingerprint density at radius 2 is 1.77 bits per heavy atom. The molecule has 6 rings (SSSR count). The Kier molecular flexibility index (Phi) is 5.56. The quantitative estimate of drug-likeness (QED) is 0.445. The average Bonchev–Trinajstić information content (AvgIpc) is 3.37. The maximum atomic E-state index is 13.3. The minimum atomic E-state index is 0.0392. The lowest BCUT2D eigenvalue weighted by atomic mass is 9.93. The molecular weight excluding hydrogens is 442 g/mol. The van der Waals surface area contributed by atoms with Gasteiger partial charge in [-0.15, -0.1) is 0 Å². The first kappa shape index (κ1) is 21.6. The van der Waals surface area contributed by atoms with Crippen LogP contribution in [0.2, 0.25) is 0 Å². The number of carbonyl (C=O) groups excluding carboxylic acids is 1. The van der Waals surface area contributed by atoms with E-state index in [2.05, 4.69) is 44.3 Å². The van der Waals surface area contributed by atoms with Gasteiger partial charge in [-0.05, 0) is 54.7 Å². The van der Waals surface area contributed by atoms with Crippen LogP contribution in [-0.4, -0.2) is 52.7 Å². The molecule has 35 heavy (non-hydrogen) atoms. The van der Waals surface area contributed by atoms with E-state index in [-0.39, 0.29) is 11.8 Å². The molecule has 0 atom stereocenters. The fourth-order valence-electron chi connectivity index (χ4n) is 5.24. The molecule has 4 aromatic rings. The number of fused-ring (bicyclic) bond motifs is 2. The Bertz CT molecular complexity index is 1360. The number of anilines is 1.